The first-order valence-electron chi connectivity index (χ1n) is 8.74. The highest BCUT2D eigenvalue weighted by atomic mass is 16.5. The molecule has 6 nitrogen and oxygen atoms in total. The highest BCUT2D eigenvalue weighted by molar-refractivity contribution is 5.46. The Morgan fingerprint density at radius 2 is 1.59 bits per heavy atom. The largest absolute Gasteiger partial charge is 0.497 e. The van der Waals surface area contributed by atoms with E-state index in [0.717, 1.165) is 35.5 Å². The van der Waals surface area contributed by atoms with Gasteiger partial charge in [0.05, 0.1) is 14.2 Å². The molecule has 0 atom stereocenters. The van der Waals surface area contributed by atoms with Gasteiger partial charge in [0, 0.05) is 18.2 Å². The lowest BCUT2D eigenvalue weighted by atomic mass is 9.99. The number of ether oxygens (including phenoxy) is 2. The van der Waals surface area contributed by atoms with Crippen molar-refractivity contribution in [3.05, 3.63) is 70.9 Å². The molecule has 0 saturated heterocycles. The summed E-state index contributed by atoms with van der Waals surface area (Å²) in [6.45, 7) is 0. The van der Waals surface area contributed by atoms with E-state index in [-0.39, 0.29) is 5.95 Å². The molecule has 0 bridgehead atoms. The number of nitrogen functional groups attached to an aromatic ring is 2. The topological polar surface area (TPSA) is 96.3 Å². The third kappa shape index (κ3) is 4.67. The Kier molecular flexibility index (Phi) is 5.76. The maximum absolute atomic E-state index is 5.93. The molecule has 1 heterocycles. The molecule has 0 radical (unpaired) electrons. The van der Waals surface area contributed by atoms with Crippen molar-refractivity contribution in [2.45, 2.75) is 19.3 Å². The van der Waals surface area contributed by atoms with Crippen LogP contribution >= 0.6 is 0 Å². The molecule has 3 aromatic rings. The van der Waals surface area contributed by atoms with Gasteiger partial charge in [0.15, 0.2) is 0 Å². The van der Waals surface area contributed by atoms with Crippen LogP contribution < -0.4 is 20.9 Å². The molecule has 0 amide bonds. The van der Waals surface area contributed by atoms with Gasteiger partial charge in [-0.05, 0) is 47.7 Å². The van der Waals surface area contributed by atoms with Crippen LogP contribution in [0, 0.1) is 0 Å². The fourth-order valence-corrected chi connectivity index (χ4v) is 2.97. The molecule has 4 N–H and O–H groups in total. The molecule has 0 aliphatic rings. The van der Waals surface area contributed by atoms with Gasteiger partial charge in [-0.1, -0.05) is 24.3 Å². The molecule has 0 fully saturated rings. The van der Waals surface area contributed by atoms with Crippen LogP contribution in [0.5, 0.6) is 11.5 Å². The first-order valence-corrected chi connectivity index (χ1v) is 8.74. The zero-order valence-corrected chi connectivity index (χ0v) is 15.6. The normalized spacial score (nSPS) is 10.6. The first kappa shape index (κ1) is 18.5. The van der Waals surface area contributed by atoms with Gasteiger partial charge in [-0.25, -0.2) is 4.98 Å². The quantitative estimate of drug-likeness (QED) is 0.669. The molecule has 0 spiro atoms. The predicted molar refractivity (Wildman–Crippen MR) is 107 cm³/mol. The zero-order chi connectivity index (χ0) is 19.2. The lowest BCUT2D eigenvalue weighted by Gasteiger charge is -2.12. The van der Waals surface area contributed by atoms with Gasteiger partial charge in [0.1, 0.15) is 17.3 Å². The van der Waals surface area contributed by atoms with Crippen molar-refractivity contribution in [1.82, 2.24) is 9.97 Å². The van der Waals surface area contributed by atoms with Crippen molar-refractivity contribution in [3.8, 4) is 11.5 Å². The molecule has 0 saturated carbocycles. The Labute approximate surface area is 159 Å². The summed E-state index contributed by atoms with van der Waals surface area (Å²) < 4.78 is 10.8. The number of hydrogen-bond acceptors (Lipinski definition) is 6. The molecule has 1 aromatic heterocycles. The van der Waals surface area contributed by atoms with E-state index < -0.39 is 0 Å². The first-order chi connectivity index (χ1) is 13.1. The van der Waals surface area contributed by atoms with Gasteiger partial charge in [0.2, 0.25) is 5.95 Å². The molecule has 6 heteroatoms. The fourth-order valence-electron chi connectivity index (χ4n) is 2.97. The van der Waals surface area contributed by atoms with E-state index >= 15 is 0 Å². The van der Waals surface area contributed by atoms with Crippen LogP contribution in [0.3, 0.4) is 0 Å². The fraction of sp³-hybridized carbons (Fsp3) is 0.238. The molecular formula is C21H24N4O2. The maximum Gasteiger partial charge on any atom is 0.221 e. The minimum Gasteiger partial charge on any atom is -0.497 e. The van der Waals surface area contributed by atoms with Crippen molar-refractivity contribution in [2.24, 2.45) is 0 Å². The Morgan fingerprint density at radius 3 is 2.26 bits per heavy atom. The molecule has 3 rings (SSSR count). The zero-order valence-electron chi connectivity index (χ0n) is 15.6. The van der Waals surface area contributed by atoms with Crippen molar-refractivity contribution >= 4 is 11.8 Å². The number of nitrogens with two attached hydrogens (primary N) is 2. The summed E-state index contributed by atoms with van der Waals surface area (Å²) in [4.78, 5) is 8.03. The van der Waals surface area contributed by atoms with Crippen LogP contribution in [0.25, 0.3) is 0 Å². The number of nitrogens with zero attached hydrogens (tertiary/aromatic N) is 2. The number of benzene rings is 2. The summed E-state index contributed by atoms with van der Waals surface area (Å²) in [6, 6.07) is 14.4. The van der Waals surface area contributed by atoms with Crippen LogP contribution in [0.15, 0.2) is 48.7 Å². The van der Waals surface area contributed by atoms with E-state index in [1.54, 1.807) is 20.4 Å². The number of aryl methyl sites for hydroxylation is 2. The van der Waals surface area contributed by atoms with Crippen LogP contribution in [0.1, 0.15) is 22.3 Å². The summed E-state index contributed by atoms with van der Waals surface area (Å²) in [5.41, 5.74) is 15.8. The van der Waals surface area contributed by atoms with Gasteiger partial charge in [-0.3, -0.25) is 0 Å². The van der Waals surface area contributed by atoms with E-state index in [1.165, 1.54) is 11.1 Å². The van der Waals surface area contributed by atoms with E-state index in [4.69, 9.17) is 20.9 Å². The van der Waals surface area contributed by atoms with E-state index in [1.807, 2.05) is 18.2 Å². The van der Waals surface area contributed by atoms with Crippen molar-refractivity contribution in [3.63, 3.8) is 0 Å². The summed E-state index contributed by atoms with van der Waals surface area (Å²) in [5.74, 6) is 2.33. The summed E-state index contributed by atoms with van der Waals surface area (Å²) in [5, 5.41) is 0. The standard InChI is InChI=1S/C21H24N4O2/c1-26-18-9-5-14(6-10-18)3-7-16-8-4-15(12-19(16)27-2)11-17-13-24-21(23)25-20(17)22/h4-6,8-10,12-13H,3,7,11H2,1-2H3,(H4,22,23,24,25). The molecular weight excluding hydrogens is 340 g/mol. The van der Waals surface area contributed by atoms with Gasteiger partial charge in [-0.15, -0.1) is 0 Å². The second-order valence-electron chi connectivity index (χ2n) is 6.31. The maximum atomic E-state index is 5.93. The number of aromatic nitrogens is 2. The van der Waals surface area contributed by atoms with Crippen LogP contribution in [-0.2, 0) is 19.3 Å². The second kappa shape index (κ2) is 8.40. The monoisotopic (exact) mass is 364 g/mol. The Bertz CT molecular complexity index is 911. The highest BCUT2D eigenvalue weighted by Gasteiger charge is 2.09. The number of methoxy groups -OCH3 is 2. The van der Waals surface area contributed by atoms with Crippen molar-refractivity contribution < 1.29 is 9.47 Å². The van der Waals surface area contributed by atoms with Crippen LogP contribution in [-0.4, -0.2) is 24.2 Å². The van der Waals surface area contributed by atoms with Crippen molar-refractivity contribution in [1.29, 1.82) is 0 Å². The third-order valence-corrected chi connectivity index (χ3v) is 4.50. The average molecular weight is 364 g/mol. The summed E-state index contributed by atoms with van der Waals surface area (Å²) in [7, 11) is 3.36. The molecule has 2 aromatic carbocycles. The number of anilines is 2. The molecule has 140 valence electrons. The Hall–Kier alpha value is -3.28. The number of hydrogen-bond donors (Lipinski definition) is 2. The Morgan fingerprint density at radius 1 is 0.852 bits per heavy atom. The van der Waals surface area contributed by atoms with Gasteiger partial charge in [0.25, 0.3) is 0 Å². The average Bonchev–Trinajstić information content (AvgIpc) is 2.69. The van der Waals surface area contributed by atoms with E-state index in [0.29, 0.717) is 12.2 Å². The van der Waals surface area contributed by atoms with Gasteiger partial charge >= 0.3 is 0 Å². The van der Waals surface area contributed by atoms with Crippen LogP contribution in [0.4, 0.5) is 11.8 Å². The van der Waals surface area contributed by atoms with Gasteiger partial charge < -0.3 is 20.9 Å². The predicted octanol–water partition coefficient (Wildman–Crippen LogP) is 3.03. The molecule has 0 aliphatic heterocycles. The minimum absolute atomic E-state index is 0.183. The number of rotatable bonds is 7. The highest BCUT2D eigenvalue weighted by Crippen LogP contribution is 2.25. The molecule has 27 heavy (non-hydrogen) atoms. The SMILES string of the molecule is COc1ccc(CCc2ccc(Cc3cnc(N)nc3N)cc2OC)cc1. The van der Waals surface area contributed by atoms with Crippen molar-refractivity contribution in [2.75, 3.05) is 25.7 Å². The third-order valence-electron chi connectivity index (χ3n) is 4.50. The lowest BCUT2D eigenvalue weighted by molar-refractivity contribution is 0.409. The summed E-state index contributed by atoms with van der Waals surface area (Å²) in [6.07, 6.45) is 4.12. The van der Waals surface area contributed by atoms with E-state index in [2.05, 4.69) is 34.2 Å². The molecule has 0 unspecified atom stereocenters. The summed E-state index contributed by atoms with van der Waals surface area (Å²) >= 11 is 0. The second-order valence-corrected chi connectivity index (χ2v) is 6.31. The van der Waals surface area contributed by atoms with Gasteiger partial charge in [-0.2, -0.15) is 4.98 Å². The van der Waals surface area contributed by atoms with E-state index in [9.17, 15) is 0 Å². The molecule has 0 aliphatic carbocycles. The Balaban J connectivity index is 1.71. The van der Waals surface area contributed by atoms with Crippen LogP contribution in [0.2, 0.25) is 0 Å². The smallest absolute Gasteiger partial charge is 0.221 e. The lowest BCUT2D eigenvalue weighted by Crippen LogP contribution is -2.04. The minimum atomic E-state index is 0.183.